The van der Waals surface area contributed by atoms with Gasteiger partial charge in [-0.1, -0.05) is 12.1 Å². The second-order valence-electron chi connectivity index (χ2n) is 4.92. The number of aliphatic hydroxyl groups excluding tert-OH is 1. The molecule has 1 N–H and O–H groups in total. The summed E-state index contributed by atoms with van der Waals surface area (Å²) in [6.45, 7) is 3.73. The van der Waals surface area contributed by atoms with Gasteiger partial charge in [0.25, 0.3) is 0 Å². The number of hydrogen-bond donors (Lipinski definition) is 1. The highest BCUT2D eigenvalue weighted by Crippen LogP contribution is 2.28. The van der Waals surface area contributed by atoms with Crippen LogP contribution in [0.3, 0.4) is 0 Å². The molecule has 0 aliphatic heterocycles. The predicted molar refractivity (Wildman–Crippen MR) is 72.6 cm³/mol. The summed E-state index contributed by atoms with van der Waals surface area (Å²) in [6.07, 6.45) is -1.52. The number of benzene rings is 2. The molecular weight excluding hydrogens is 281 g/mol. The largest absolute Gasteiger partial charge is 0.491 e. The zero-order valence-electron chi connectivity index (χ0n) is 11.6. The average Bonchev–Trinajstić information content (AvgIpc) is 2.37. The van der Waals surface area contributed by atoms with Crippen LogP contribution in [0.15, 0.2) is 36.4 Å². The van der Waals surface area contributed by atoms with E-state index in [1.165, 1.54) is 12.1 Å². The van der Waals surface area contributed by atoms with Crippen molar-refractivity contribution in [3.63, 3.8) is 0 Å². The topological polar surface area (TPSA) is 29.5 Å². The standard InChI is InChI=1S/C16H15F3O2/c1-9(2)21-12-5-3-10(4-6-12)16(20)15-13(18)7-11(17)8-14(15)19/h3-9,16,20H,1-2H3. The van der Waals surface area contributed by atoms with Gasteiger partial charge >= 0.3 is 0 Å². The van der Waals surface area contributed by atoms with E-state index in [2.05, 4.69) is 0 Å². The van der Waals surface area contributed by atoms with E-state index in [0.29, 0.717) is 17.9 Å². The summed E-state index contributed by atoms with van der Waals surface area (Å²) in [5, 5.41) is 10.1. The highest BCUT2D eigenvalue weighted by Gasteiger charge is 2.21. The lowest BCUT2D eigenvalue weighted by atomic mass is 10.0. The maximum atomic E-state index is 13.6. The average molecular weight is 296 g/mol. The Labute approximate surface area is 120 Å². The Morgan fingerprint density at radius 2 is 1.48 bits per heavy atom. The highest BCUT2D eigenvalue weighted by molar-refractivity contribution is 5.35. The van der Waals surface area contributed by atoms with Gasteiger partial charge in [0.05, 0.1) is 11.7 Å². The SMILES string of the molecule is CC(C)Oc1ccc(C(O)c2c(F)cc(F)cc2F)cc1. The van der Waals surface area contributed by atoms with Crippen LogP contribution in [0, 0.1) is 17.5 Å². The summed E-state index contributed by atoms with van der Waals surface area (Å²) >= 11 is 0. The second-order valence-corrected chi connectivity index (χ2v) is 4.92. The van der Waals surface area contributed by atoms with E-state index < -0.39 is 29.1 Å². The maximum absolute atomic E-state index is 13.6. The van der Waals surface area contributed by atoms with Crippen LogP contribution >= 0.6 is 0 Å². The lowest BCUT2D eigenvalue weighted by molar-refractivity contribution is 0.208. The monoisotopic (exact) mass is 296 g/mol. The van der Waals surface area contributed by atoms with Crippen LogP contribution < -0.4 is 4.74 Å². The molecule has 0 saturated heterocycles. The summed E-state index contributed by atoms with van der Waals surface area (Å²) in [4.78, 5) is 0. The summed E-state index contributed by atoms with van der Waals surface area (Å²) in [6, 6.07) is 7.28. The fraction of sp³-hybridized carbons (Fsp3) is 0.250. The predicted octanol–water partition coefficient (Wildman–Crippen LogP) is 3.97. The fourth-order valence-electron chi connectivity index (χ4n) is 1.98. The van der Waals surface area contributed by atoms with Crippen molar-refractivity contribution in [1.82, 2.24) is 0 Å². The molecule has 112 valence electrons. The van der Waals surface area contributed by atoms with Crippen LogP contribution in [0.1, 0.15) is 31.1 Å². The third kappa shape index (κ3) is 3.55. The number of hydrogen-bond acceptors (Lipinski definition) is 2. The summed E-state index contributed by atoms with van der Waals surface area (Å²) < 4.78 is 45.6. The minimum absolute atomic E-state index is 0.00670. The third-order valence-corrected chi connectivity index (χ3v) is 2.88. The highest BCUT2D eigenvalue weighted by atomic mass is 19.1. The van der Waals surface area contributed by atoms with Crippen LogP contribution in [0.5, 0.6) is 5.75 Å². The Balaban J connectivity index is 2.30. The van der Waals surface area contributed by atoms with Crippen LogP contribution in [-0.4, -0.2) is 11.2 Å². The van der Waals surface area contributed by atoms with E-state index in [0.717, 1.165) is 0 Å². The van der Waals surface area contributed by atoms with Crippen molar-refractivity contribution in [3.05, 3.63) is 65.0 Å². The zero-order valence-corrected chi connectivity index (χ0v) is 11.6. The van der Waals surface area contributed by atoms with Crippen LogP contribution in [0.2, 0.25) is 0 Å². The van der Waals surface area contributed by atoms with E-state index in [9.17, 15) is 18.3 Å². The van der Waals surface area contributed by atoms with Gasteiger partial charge in [-0.3, -0.25) is 0 Å². The van der Waals surface area contributed by atoms with Gasteiger partial charge in [0.1, 0.15) is 29.3 Å². The molecule has 1 atom stereocenters. The fourth-order valence-corrected chi connectivity index (χ4v) is 1.98. The number of rotatable bonds is 4. The van der Waals surface area contributed by atoms with Crippen molar-refractivity contribution in [2.24, 2.45) is 0 Å². The van der Waals surface area contributed by atoms with Gasteiger partial charge in [0.2, 0.25) is 0 Å². The minimum Gasteiger partial charge on any atom is -0.491 e. The molecule has 2 aromatic rings. The van der Waals surface area contributed by atoms with Crippen molar-refractivity contribution >= 4 is 0 Å². The Morgan fingerprint density at radius 3 is 1.95 bits per heavy atom. The summed E-state index contributed by atoms with van der Waals surface area (Å²) in [5.41, 5.74) is -0.288. The lowest BCUT2D eigenvalue weighted by Crippen LogP contribution is -2.08. The van der Waals surface area contributed by atoms with E-state index in [1.807, 2.05) is 13.8 Å². The van der Waals surface area contributed by atoms with Crippen LogP contribution in [0.25, 0.3) is 0 Å². The molecule has 5 heteroatoms. The molecule has 0 amide bonds. The Bertz CT molecular complexity index is 601. The van der Waals surface area contributed by atoms with Crippen molar-refractivity contribution in [2.45, 2.75) is 26.1 Å². The van der Waals surface area contributed by atoms with Crippen LogP contribution in [-0.2, 0) is 0 Å². The quantitative estimate of drug-likeness (QED) is 0.925. The van der Waals surface area contributed by atoms with Gasteiger partial charge in [-0.2, -0.15) is 0 Å². The van der Waals surface area contributed by atoms with Gasteiger partial charge in [-0.25, -0.2) is 13.2 Å². The van der Waals surface area contributed by atoms with Gasteiger partial charge in [-0.15, -0.1) is 0 Å². The molecular formula is C16H15F3O2. The van der Waals surface area contributed by atoms with E-state index in [-0.39, 0.29) is 11.7 Å². The first-order valence-electron chi connectivity index (χ1n) is 6.47. The van der Waals surface area contributed by atoms with Crippen molar-refractivity contribution in [3.8, 4) is 5.75 Å². The van der Waals surface area contributed by atoms with Gasteiger partial charge < -0.3 is 9.84 Å². The van der Waals surface area contributed by atoms with Crippen molar-refractivity contribution in [2.75, 3.05) is 0 Å². The normalized spacial score (nSPS) is 12.5. The first-order valence-corrected chi connectivity index (χ1v) is 6.47. The minimum atomic E-state index is -1.52. The lowest BCUT2D eigenvalue weighted by Gasteiger charge is -2.15. The maximum Gasteiger partial charge on any atom is 0.135 e. The molecule has 1 unspecified atom stereocenters. The molecule has 0 heterocycles. The van der Waals surface area contributed by atoms with Gasteiger partial charge in [0, 0.05) is 12.1 Å². The molecule has 2 nitrogen and oxygen atoms in total. The van der Waals surface area contributed by atoms with Crippen molar-refractivity contribution < 1.29 is 23.0 Å². The zero-order chi connectivity index (χ0) is 15.6. The van der Waals surface area contributed by atoms with Crippen molar-refractivity contribution in [1.29, 1.82) is 0 Å². The second kappa shape index (κ2) is 6.18. The van der Waals surface area contributed by atoms with Crippen LogP contribution in [0.4, 0.5) is 13.2 Å². The number of aliphatic hydroxyl groups is 1. The smallest absolute Gasteiger partial charge is 0.135 e. The first-order chi connectivity index (χ1) is 9.88. The Kier molecular flexibility index (Phi) is 4.53. The molecule has 0 spiro atoms. The molecule has 0 aliphatic rings. The molecule has 21 heavy (non-hydrogen) atoms. The third-order valence-electron chi connectivity index (χ3n) is 2.88. The Morgan fingerprint density at radius 1 is 0.952 bits per heavy atom. The molecule has 0 aromatic heterocycles. The number of ether oxygens (including phenoxy) is 1. The summed E-state index contributed by atoms with van der Waals surface area (Å²) in [5.74, 6) is -2.69. The van der Waals surface area contributed by atoms with E-state index >= 15 is 0 Å². The number of halogens is 3. The van der Waals surface area contributed by atoms with Gasteiger partial charge in [0.15, 0.2) is 0 Å². The first kappa shape index (κ1) is 15.4. The molecule has 2 aromatic carbocycles. The van der Waals surface area contributed by atoms with Gasteiger partial charge in [-0.05, 0) is 31.5 Å². The molecule has 2 rings (SSSR count). The Hall–Kier alpha value is -2.01. The van der Waals surface area contributed by atoms with E-state index in [1.54, 1.807) is 12.1 Å². The molecule has 0 bridgehead atoms. The molecule has 0 radical (unpaired) electrons. The molecule has 0 fully saturated rings. The van der Waals surface area contributed by atoms with E-state index in [4.69, 9.17) is 4.74 Å². The molecule has 0 aliphatic carbocycles. The summed E-state index contributed by atoms with van der Waals surface area (Å²) in [7, 11) is 0. The molecule has 0 saturated carbocycles.